The van der Waals surface area contributed by atoms with Crippen molar-refractivity contribution in [3.63, 3.8) is 0 Å². The lowest BCUT2D eigenvalue weighted by molar-refractivity contribution is 0.0844. The molecule has 1 N–H and O–H groups in total. The number of amides is 1. The van der Waals surface area contributed by atoms with Gasteiger partial charge in [0.2, 0.25) is 0 Å². The number of hydrogen-bond acceptors (Lipinski definition) is 3. The molecule has 0 spiro atoms. The van der Waals surface area contributed by atoms with Gasteiger partial charge in [-0.05, 0) is 24.5 Å². The summed E-state index contributed by atoms with van der Waals surface area (Å²) in [5.74, 6) is -0.459. The molecule has 1 aliphatic rings. The highest BCUT2D eigenvalue weighted by Crippen LogP contribution is 2.21. The van der Waals surface area contributed by atoms with E-state index in [4.69, 9.17) is 0 Å². The zero-order valence-electron chi connectivity index (χ0n) is 11.9. The quantitative estimate of drug-likeness (QED) is 0.884. The van der Waals surface area contributed by atoms with Crippen molar-refractivity contribution < 1.29 is 14.4 Å². The van der Waals surface area contributed by atoms with E-state index in [0.717, 1.165) is 12.0 Å². The second-order valence-electron chi connectivity index (χ2n) is 5.29. The Morgan fingerprint density at radius 1 is 1.09 bits per heavy atom. The van der Waals surface area contributed by atoms with Crippen LogP contribution in [0.25, 0.3) is 0 Å². The molecule has 0 aromatic heterocycles. The average Bonchev–Trinajstić information content (AvgIpc) is 2.57. The van der Waals surface area contributed by atoms with Crippen molar-refractivity contribution in [1.82, 2.24) is 5.32 Å². The Bertz CT molecular complexity index is 752. The number of fused-ring (bicyclic) bond motifs is 1. The van der Waals surface area contributed by atoms with E-state index in [9.17, 15) is 14.4 Å². The number of benzene rings is 2. The molecule has 0 bridgehead atoms. The molecule has 4 heteroatoms. The Labute approximate surface area is 128 Å². The molecule has 0 saturated heterocycles. The Hall–Kier alpha value is -2.75. The first-order valence-corrected chi connectivity index (χ1v) is 7.18. The fourth-order valence-electron chi connectivity index (χ4n) is 2.78. The van der Waals surface area contributed by atoms with Crippen molar-refractivity contribution in [1.29, 1.82) is 0 Å². The van der Waals surface area contributed by atoms with Crippen LogP contribution in [0.1, 0.15) is 43.1 Å². The molecule has 1 amide bonds. The predicted octanol–water partition coefficient (Wildman–Crippen LogP) is 2.43. The number of hydrogen-bond donors (Lipinski definition) is 1. The average molecular weight is 293 g/mol. The van der Waals surface area contributed by atoms with E-state index < -0.39 is 6.04 Å². The molecule has 0 heterocycles. The molecule has 1 unspecified atom stereocenters. The van der Waals surface area contributed by atoms with Crippen molar-refractivity contribution in [3.05, 3.63) is 70.8 Å². The maximum Gasteiger partial charge on any atom is 0.252 e. The standard InChI is InChI=1S/C18H15NO3/c20-11-13-6-2-4-8-15(13)18(22)19-16-10-9-12-5-1-3-7-14(12)17(16)21/h1-8,11,16H,9-10H2,(H,19,22). The highest BCUT2D eigenvalue weighted by Gasteiger charge is 2.28. The smallest absolute Gasteiger partial charge is 0.252 e. The summed E-state index contributed by atoms with van der Waals surface area (Å²) < 4.78 is 0. The molecule has 22 heavy (non-hydrogen) atoms. The minimum atomic E-state index is -0.540. The van der Waals surface area contributed by atoms with Crippen LogP contribution in [0.3, 0.4) is 0 Å². The number of carbonyl (C=O) groups excluding carboxylic acids is 3. The van der Waals surface area contributed by atoms with Crippen LogP contribution in [0.2, 0.25) is 0 Å². The van der Waals surface area contributed by atoms with Gasteiger partial charge in [0.1, 0.15) is 0 Å². The zero-order chi connectivity index (χ0) is 15.5. The first kappa shape index (κ1) is 14.2. The fourth-order valence-corrected chi connectivity index (χ4v) is 2.78. The van der Waals surface area contributed by atoms with Gasteiger partial charge in [0.05, 0.1) is 6.04 Å². The van der Waals surface area contributed by atoms with Gasteiger partial charge < -0.3 is 5.32 Å². The van der Waals surface area contributed by atoms with Crippen LogP contribution in [-0.2, 0) is 6.42 Å². The van der Waals surface area contributed by atoms with Crippen molar-refractivity contribution in [2.45, 2.75) is 18.9 Å². The SMILES string of the molecule is O=Cc1ccccc1C(=O)NC1CCc2ccccc2C1=O. The van der Waals surface area contributed by atoms with Gasteiger partial charge in [-0.2, -0.15) is 0 Å². The van der Waals surface area contributed by atoms with E-state index in [1.807, 2.05) is 18.2 Å². The van der Waals surface area contributed by atoms with Gasteiger partial charge in [-0.25, -0.2) is 0 Å². The summed E-state index contributed by atoms with van der Waals surface area (Å²) in [5, 5.41) is 2.75. The molecule has 2 aromatic rings. The lowest BCUT2D eigenvalue weighted by Crippen LogP contribution is -2.43. The Kier molecular flexibility index (Phi) is 3.83. The minimum Gasteiger partial charge on any atom is -0.342 e. The van der Waals surface area contributed by atoms with Gasteiger partial charge in [-0.15, -0.1) is 0 Å². The van der Waals surface area contributed by atoms with Crippen LogP contribution in [0, 0.1) is 0 Å². The fraction of sp³-hybridized carbons (Fsp3) is 0.167. The summed E-state index contributed by atoms with van der Waals surface area (Å²) >= 11 is 0. The molecular weight excluding hydrogens is 278 g/mol. The summed E-state index contributed by atoms with van der Waals surface area (Å²) in [6.45, 7) is 0. The number of carbonyl (C=O) groups is 3. The molecule has 2 aromatic carbocycles. The summed E-state index contributed by atoms with van der Waals surface area (Å²) in [5.41, 5.74) is 2.31. The van der Waals surface area contributed by atoms with Crippen LogP contribution < -0.4 is 5.32 Å². The third-order valence-corrected chi connectivity index (χ3v) is 3.94. The van der Waals surface area contributed by atoms with Gasteiger partial charge in [0, 0.05) is 16.7 Å². The first-order valence-electron chi connectivity index (χ1n) is 7.18. The highest BCUT2D eigenvalue weighted by atomic mass is 16.2. The van der Waals surface area contributed by atoms with E-state index >= 15 is 0 Å². The van der Waals surface area contributed by atoms with Gasteiger partial charge in [0.25, 0.3) is 5.91 Å². The van der Waals surface area contributed by atoms with Crippen molar-refractivity contribution in [2.75, 3.05) is 0 Å². The van der Waals surface area contributed by atoms with Crippen LogP contribution in [0.5, 0.6) is 0 Å². The van der Waals surface area contributed by atoms with Crippen LogP contribution in [0.15, 0.2) is 48.5 Å². The monoisotopic (exact) mass is 293 g/mol. The second-order valence-corrected chi connectivity index (χ2v) is 5.29. The molecule has 0 radical (unpaired) electrons. The van der Waals surface area contributed by atoms with E-state index in [0.29, 0.717) is 29.4 Å². The number of nitrogens with one attached hydrogen (secondary N) is 1. The van der Waals surface area contributed by atoms with E-state index in [1.54, 1.807) is 30.3 Å². The summed E-state index contributed by atoms with van der Waals surface area (Å²) in [6.07, 6.45) is 1.97. The summed E-state index contributed by atoms with van der Waals surface area (Å²) in [6, 6.07) is 13.5. The third-order valence-electron chi connectivity index (χ3n) is 3.94. The number of aldehydes is 1. The Balaban J connectivity index is 1.81. The summed E-state index contributed by atoms with van der Waals surface area (Å²) in [4.78, 5) is 35.8. The third kappa shape index (κ3) is 2.55. The Morgan fingerprint density at radius 2 is 1.82 bits per heavy atom. The topological polar surface area (TPSA) is 63.2 Å². The van der Waals surface area contributed by atoms with E-state index in [2.05, 4.69) is 5.32 Å². The van der Waals surface area contributed by atoms with Crippen LogP contribution in [0.4, 0.5) is 0 Å². The molecular formula is C18H15NO3. The number of aryl methyl sites for hydroxylation is 1. The maximum absolute atomic E-state index is 12.5. The second kappa shape index (κ2) is 5.93. The molecule has 110 valence electrons. The highest BCUT2D eigenvalue weighted by molar-refractivity contribution is 6.07. The molecule has 0 aliphatic heterocycles. The molecule has 1 atom stereocenters. The molecule has 3 rings (SSSR count). The van der Waals surface area contributed by atoms with Crippen LogP contribution in [-0.4, -0.2) is 24.0 Å². The first-order chi connectivity index (χ1) is 10.7. The van der Waals surface area contributed by atoms with Gasteiger partial charge >= 0.3 is 0 Å². The lowest BCUT2D eigenvalue weighted by Gasteiger charge is -2.24. The van der Waals surface area contributed by atoms with Crippen molar-refractivity contribution in [2.24, 2.45) is 0 Å². The number of rotatable bonds is 3. The maximum atomic E-state index is 12.5. The van der Waals surface area contributed by atoms with Gasteiger partial charge in [-0.1, -0.05) is 42.5 Å². The largest absolute Gasteiger partial charge is 0.342 e. The van der Waals surface area contributed by atoms with Crippen molar-refractivity contribution >= 4 is 18.0 Å². The molecule has 0 fully saturated rings. The van der Waals surface area contributed by atoms with Gasteiger partial charge in [-0.3, -0.25) is 14.4 Å². The van der Waals surface area contributed by atoms with E-state index in [1.165, 1.54) is 0 Å². The molecule has 4 nitrogen and oxygen atoms in total. The zero-order valence-corrected chi connectivity index (χ0v) is 11.9. The number of ketones is 1. The molecule has 1 aliphatic carbocycles. The predicted molar refractivity (Wildman–Crippen MR) is 82.2 cm³/mol. The lowest BCUT2D eigenvalue weighted by atomic mass is 9.87. The minimum absolute atomic E-state index is 0.0706. The Morgan fingerprint density at radius 3 is 2.64 bits per heavy atom. The summed E-state index contributed by atoms with van der Waals surface area (Å²) in [7, 11) is 0. The van der Waals surface area contributed by atoms with Crippen molar-refractivity contribution in [3.8, 4) is 0 Å². The number of Topliss-reactive ketones (excluding diaryl/α,β-unsaturated/α-hetero) is 1. The van der Waals surface area contributed by atoms with Gasteiger partial charge in [0.15, 0.2) is 12.1 Å². The normalized spacial score (nSPS) is 16.7. The molecule has 0 saturated carbocycles. The van der Waals surface area contributed by atoms with Crippen LogP contribution >= 0.6 is 0 Å². The van der Waals surface area contributed by atoms with E-state index in [-0.39, 0.29) is 11.7 Å².